The Morgan fingerprint density at radius 3 is 2.54 bits per heavy atom. The number of fused-ring (bicyclic) bond motifs is 1. The molecule has 4 rings (SSSR count). The summed E-state index contributed by atoms with van der Waals surface area (Å²) in [5.41, 5.74) is 2.41. The van der Waals surface area contributed by atoms with E-state index in [0.29, 0.717) is 11.1 Å². The largest absolute Gasteiger partial charge is 0.462 e. The first-order valence-electron chi connectivity index (χ1n) is 9.40. The van der Waals surface area contributed by atoms with Gasteiger partial charge < -0.3 is 9.30 Å². The number of carbonyl (C=O) groups excluding carboxylic acids is 1. The number of benzene rings is 1. The van der Waals surface area contributed by atoms with E-state index in [-0.39, 0.29) is 29.1 Å². The Morgan fingerprint density at radius 1 is 1.25 bits per heavy atom. The second-order valence-electron chi connectivity index (χ2n) is 7.19. The maximum Gasteiger partial charge on any atom is 0.343 e. The van der Waals surface area contributed by atoms with Crippen LogP contribution in [0.4, 0.5) is 4.39 Å². The summed E-state index contributed by atoms with van der Waals surface area (Å²) in [5.74, 6) is -1.13. The van der Waals surface area contributed by atoms with Crippen molar-refractivity contribution >= 4 is 16.9 Å². The molecule has 0 bridgehead atoms. The van der Waals surface area contributed by atoms with E-state index in [0.717, 1.165) is 24.2 Å². The lowest BCUT2D eigenvalue weighted by Gasteiger charge is -2.15. The van der Waals surface area contributed by atoms with Crippen LogP contribution in [0.5, 0.6) is 0 Å². The Bertz CT molecular complexity index is 1140. The van der Waals surface area contributed by atoms with Gasteiger partial charge in [0.2, 0.25) is 5.43 Å². The molecular weight excluding hydrogens is 359 g/mol. The zero-order chi connectivity index (χ0) is 20.0. The molecule has 0 atom stereocenters. The second-order valence-corrected chi connectivity index (χ2v) is 7.19. The van der Waals surface area contributed by atoms with Gasteiger partial charge in [-0.2, -0.15) is 0 Å². The number of aryl methyl sites for hydroxylation is 2. The molecule has 0 unspecified atom stereocenters. The van der Waals surface area contributed by atoms with Crippen molar-refractivity contribution in [1.29, 1.82) is 0 Å². The van der Waals surface area contributed by atoms with E-state index in [1.54, 1.807) is 23.6 Å². The summed E-state index contributed by atoms with van der Waals surface area (Å²) in [7, 11) is 0. The Morgan fingerprint density at radius 2 is 1.93 bits per heavy atom. The molecule has 1 aliphatic rings. The third-order valence-corrected chi connectivity index (χ3v) is 4.96. The summed E-state index contributed by atoms with van der Waals surface area (Å²) in [5, 5.41) is 0.196. The van der Waals surface area contributed by atoms with Crippen molar-refractivity contribution in [3.05, 3.63) is 63.5 Å². The number of rotatable bonds is 4. The average Bonchev–Trinajstić information content (AvgIpc) is 3.47. The molecule has 2 aromatic heterocycles. The third-order valence-electron chi connectivity index (χ3n) is 4.96. The first-order chi connectivity index (χ1) is 13.4. The number of pyridine rings is 2. The molecular formula is C22H21FN2O3. The molecule has 0 spiro atoms. The Hall–Kier alpha value is -3.02. The minimum Gasteiger partial charge on any atom is -0.462 e. The number of esters is 1. The summed E-state index contributed by atoms with van der Waals surface area (Å²) in [4.78, 5) is 29.4. The maximum absolute atomic E-state index is 15.6. The van der Waals surface area contributed by atoms with Crippen LogP contribution in [0.25, 0.3) is 22.0 Å². The van der Waals surface area contributed by atoms with E-state index in [1.165, 1.54) is 6.20 Å². The van der Waals surface area contributed by atoms with Crippen molar-refractivity contribution in [3.63, 3.8) is 0 Å². The molecule has 0 amide bonds. The highest BCUT2D eigenvalue weighted by Crippen LogP contribution is 2.39. The molecule has 5 nitrogen and oxygen atoms in total. The molecule has 144 valence electrons. The molecule has 1 aliphatic carbocycles. The lowest BCUT2D eigenvalue weighted by molar-refractivity contribution is 0.0524. The highest BCUT2D eigenvalue weighted by atomic mass is 19.1. The van der Waals surface area contributed by atoms with Gasteiger partial charge in [-0.05, 0) is 57.4 Å². The van der Waals surface area contributed by atoms with E-state index < -0.39 is 17.2 Å². The van der Waals surface area contributed by atoms with Crippen molar-refractivity contribution in [2.45, 2.75) is 39.7 Å². The van der Waals surface area contributed by atoms with Gasteiger partial charge in [0.15, 0.2) is 5.82 Å². The molecule has 28 heavy (non-hydrogen) atoms. The van der Waals surface area contributed by atoms with Gasteiger partial charge in [0, 0.05) is 34.6 Å². The predicted molar refractivity (Wildman–Crippen MR) is 105 cm³/mol. The molecule has 0 radical (unpaired) electrons. The highest BCUT2D eigenvalue weighted by molar-refractivity contribution is 5.95. The lowest BCUT2D eigenvalue weighted by Crippen LogP contribution is -2.21. The number of halogens is 1. The number of carbonyl (C=O) groups is 1. The lowest BCUT2D eigenvalue weighted by atomic mass is 10.0. The van der Waals surface area contributed by atoms with E-state index in [2.05, 4.69) is 4.98 Å². The van der Waals surface area contributed by atoms with Crippen molar-refractivity contribution < 1.29 is 13.9 Å². The molecule has 3 aromatic rings. The van der Waals surface area contributed by atoms with Gasteiger partial charge in [0.25, 0.3) is 0 Å². The maximum atomic E-state index is 15.6. The number of hydrogen-bond acceptors (Lipinski definition) is 4. The van der Waals surface area contributed by atoms with Gasteiger partial charge in [-0.15, -0.1) is 0 Å². The van der Waals surface area contributed by atoms with Crippen LogP contribution in [-0.2, 0) is 4.74 Å². The minimum atomic E-state index is -0.673. The fourth-order valence-corrected chi connectivity index (χ4v) is 3.62. The monoisotopic (exact) mass is 380 g/mol. The molecule has 0 saturated heterocycles. The third kappa shape index (κ3) is 3.09. The number of nitrogens with zero attached hydrogens (tertiary/aromatic N) is 2. The summed E-state index contributed by atoms with van der Waals surface area (Å²) in [6.07, 6.45) is 3.23. The quantitative estimate of drug-likeness (QED) is 0.632. The molecule has 0 aliphatic heterocycles. The van der Waals surface area contributed by atoms with Gasteiger partial charge in [-0.1, -0.05) is 6.07 Å². The first-order valence-corrected chi connectivity index (χ1v) is 9.40. The molecule has 1 aromatic carbocycles. The minimum absolute atomic E-state index is 0.0519. The van der Waals surface area contributed by atoms with Gasteiger partial charge >= 0.3 is 5.97 Å². The topological polar surface area (TPSA) is 61.2 Å². The van der Waals surface area contributed by atoms with Crippen LogP contribution < -0.4 is 5.43 Å². The zero-order valence-electron chi connectivity index (χ0n) is 16.1. The molecule has 2 heterocycles. The zero-order valence-corrected chi connectivity index (χ0v) is 16.1. The Labute approximate surface area is 161 Å². The van der Waals surface area contributed by atoms with Crippen LogP contribution in [-0.4, -0.2) is 22.1 Å². The average molecular weight is 380 g/mol. The molecule has 0 N–H and O–H groups in total. The molecule has 1 saturated carbocycles. The summed E-state index contributed by atoms with van der Waals surface area (Å²) in [6.45, 7) is 5.58. The van der Waals surface area contributed by atoms with Gasteiger partial charge in [0.1, 0.15) is 5.56 Å². The number of aromatic nitrogens is 2. The summed E-state index contributed by atoms with van der Waals surface area (Å²) < 4.78 is 22.4. The van der Waals surface area contributed by atoms with E-state index in [4.69, 9.17) is 4.74 Å². The van der Waals surface area contributed by atoms with Crippen LogP contribution in [0.1, 0.15) is 47.6 Å². The highest BCUT2D eigenvalue weighted by Gasteiger charge is 2.29. The predicted octanol–water partition coefficient (Wildman–Crippen LogP) is 4.33. The Balaban J connectivity index is 2.00. The van der Waals surface area contributed by atoms with Crippen LogP contribution in [0.15, 0.2) is 35.3 Å². The Kier molecular flexibility index (Phi) is 4.49. The van der Waals surface area contributed by atoms with Gasteiger partial charge in [0.05, 0.1) is 12.1 Å². The fourth-order valence-electron chi connectivity index (χ4n) is 3.62. The molecule has 6 heteroatoms. The van der Waals surface area contributed by atoms with E-state index in [9.17, 15) is 9.59 Å². The normalized spacial score (nSPS) is 13.7. The van der Waals surface area contributed by atoms with Crippen molar-refractivity contribution in [2.75, 3.05) is 6.61 Å². The standard InChI is InChI=1S/C22H21FN2O3/c1-4-28-22(27)18-11-25(15-5-6-15)20-17(21(18)26)8-7-16(19(20)23)14-9-12(2)24-13(3)10-14/h7-11,15H,4-6H2,1-3H3. The van der Waals surface area contributed by atoms with Crippen LogP contribution >= 0.6 is 0 Å². The number of ether oxygens (including phenoxy) is 1. The first kappa shape index (κ1) is 18.3. The number of hydrogen-bond donors (Lipinski definition) is 0. The fraction of sp³-hybridized carbons (Fsp3) is 0.318. The van der Waals surface area contributed by atoms with Crippen molar-refractivity contribution in [2.24, 2.45) is 0 Å². The van der Waals surface area contributed by atoms with Crippen LogP contribution in [0, 0.1) is 19.7 Å². The van der Waals surface area contributed by atoms with Crippen LogP contribution in [0.2, 0.25) is 0 Å². The smallest absolute Gasteiger partial charge is 0.343 e. The van der Waals surface area contributed by atoms with Crippen molar-refractivity contribution in [3.8, 4) is 11.1 Å². The summed E-state index contributed by atoms with van der Waals surface area (Å²) >= 11 is 0. The second kappa shape index (κ2) is 6.86. The summed E-state index contributed by atoms with van der Waals surface area (Å²) in [6, 6.07) is 6.93. The van der Waals surface area contributed by atoms with Crippen molar-refractivity contribution in [1.82, 2.24) is 9.55 Å². The van der Waals surface area contributed by atoms with E-state index >= 15 is 4.39 Å². The van der Waals surface area contributed by atoms with E-state index in [1.807, 2.05) is 26.0 Å². The SMILES string of the molecule is CCOC(=O)c1cn(C2CC2)c2c(F)c(-c3cc(C)nc(C)c3)ccc2c1=O. The van der Waals surface area contributed by atoms with Gasteiger partial charge in [-0.3, -0.25) is 9.78 Å². The molecule has 1 fully saturated rings. The van der Waals surface area contributed by atoms with Crippen LogP contribution in [0.3, 0.4) is 0 Å². The van der Waals surface area contributed by atoms with Gasteiger partial charge in [-0.25, -0.2) is 9.18 Å².